The number of thioether (sulfide) groups is 1. The van der Waals surface area contributed by atoms with E-state index in [4.69, 9.17) is 15.2 Å². The van der Waals surface area contributed by atoms with Crippen molar-refractivity contribution in [1.82, 2.24) is 16.0 Å². The lowest BCUT2D eigenvalue weighted by molar-refractivity contribution is -0.384. The molecule has 0 aromatic heterocycles. The van der Waals surface area contributed by atoms with E-state index in [1.165, 1.54) is 44.2 Å². The van der Waals surface area contributed by atoms with Gasteiger partial charge in [0.2, 0.25) is 5.91 Å². The minimum Gasteiger partial charge on any atom is -0.493 e. The van der Waals surface area contributed by atoms with Crippen LogP contribution in [0.4, 0.5) is 5.69 Å². The minimum absolute atomic E-state index is 0.00150. The van der Waals surface area contributed by atoms with Crippen molar-refractivity contribution in [1.29, 1.82) is 0 Å². The van der Waals surface area contributed by atoms with Gasteiger partial charge in [-0.25, -0.2) is 0 Å². The van der Waals surface area contributed by atoms with Crippen LogP contribution in [0.3, 0.4) is 0 Å². The quantitative estimate of drug-likeness (QED) is 0.331. The van der Waals surface area contributed by atoms with Gasteiger partial charge in [0.1, 0.15) is 11.5 Å². The van der Waals surface area contributed by atoms with Gasteiger partial charge in [-0.15, -0.1) is 11.8 Å². The predicted octanol–water partition coefficient (Wildman–Crippen LogP) is 0.932. The molecule has 2 aromatic rings. The highest BCUT2D eigenvalue weighted by Gasteiger charge is 2.35. The van der Waals surface area contributed by atoms with E-state index in [2.05, 4.69) is 16.0 Å². The number of nitrogens with one attached hydrogen (secondary N) is 3. The molecular formula is C20H23N5O6S. The van der Waals surface area contributed by atoms with Crippen LogP contribution in [0.25, 0.3) is 0 Å². The molecule has 5 N–H and O–H groups in total. The molecule has 3 rings (SSSR count). The molecule has 0 aliphatic carbocycles. The van der Waals surface area contributed by atoms with E-state index in [0.29, 0.717) is 17.3 Å². The van der Waals surface area contributed by atoms with E-state index in [1.54, 1.807) is 24.3 Å². The summed E-state index contributed by atoms with van der Waals surface area (Å²) in [6.45, 7) is 0. The molecule has 1 heterocycles. The van der Waals surface area contributed by atoms with Crippen LogP contribution in [0.5, 0.6) is 11.5 Å². The van der Waals surface area contributed by atoms with Gasteiger partial charge in [-0.05, 0) is 23.8 Å². The predicted molar refractivity (Wildman–Crippen MR) is 118 cm³/mol. The number of nitro benzene ring substituents is 1. The number of non-ortho nitro benzene ring substituents is 1. The van der Waals surface area contributed by atoms with Gasteiger partial charge in [-0.2, -0.15) is 0 Å². The van der Waals surface area contributed by atoms with Crippen molar-refractivity contribution < 1.29 is 24.0 Å². The van der Waals surface area contributed by atoms with E-state index in [0.717, 1.165) is 5.56 Å². The van der Waals surface area contributed by atoms with Crippen molar-refractivity contribution in [3.8, 4) is 11.5 Å². The van der Waals surface area contributed by atoms with Crippen molar-refractivity contribution in [2.75, 3.05) is 14.2 Å². The van der Waals surface area contributed by atoms with Gasteiger partial charge in [0.15, 0.2) is 11.5 Å². The Balaban J connectivity index is 1.59. The normalized spacial score (nSPS) is 20.2. The first kappa shape index (κ1) is 23.3. The van der Waals surface area contributed by atoms with Crippen molar-refractivity contribution in [3.63, 3.8) is 0 Å². The van der Waals surface area contributed by atoms with Crippen LogP contribution in [0.15, 0.2) is 42.5 Å². The standard InChI is InChI=1S/C20H23N5O6S/c1-30-14-7-6-12(9-15(14)31-2)18(26)22-16-17(21)23-20(24-19(16)27)32-10-11-4-3-5-13(8-11)25(28)29/h3-9,16-17,20,23H,10,21H2,1-2H3,(H,22,26)(H,24,27). The Hall–Kier alpha value is -3.35. The van der Waals surface area contributed by atoms with Gasteiger partial charge in [0.05, 0.1) is 25.3 Å². The summed E-state index contributed by atoms with van der Waals surface area (Å²) in [6, 6.07) is 9.90. The highest BCUT2D eigenvalue weighted by molar-refractivity contribution is 7.99. The second kappa shape index (κ2) is 10.3. The zero-order valence-corrected chi connectivity index (χ0v) is 18.2. The lowest BCUT2D eigenvalue weighted by Crippen LogP contribution is -2.70. The zero-order chi connectivity index (χ0) is 23.3. The van der Waals surface area contributed by atoms with Crippen LogP contribution in [-0.2, 0) is 10.5 Å². The third-order valence-corrected chi connectivity index (χ3v) is 5.82. The maximum atomic E-state index is 12.6. The van der Waals surface area contributed by atoms with Gasteiger partial charge < -0.3 is 25.8 Å². The Morgan fingerprint density at radius 1 is 1.22 bits per heavy atom. The number of hydrogen-bond acceptors (Lipinski definition) is 9. The summed E-state index contributed by atoms with van der Waals surface area (Å²) in [5, 5.41) is 19.3. The number of amides is 2. The molecule has 3 unspecified atom stereocenters. The number of carbonyl (C=O) groups is 2. The molecule has 0 radical (unpaired) electrons. The average Bonchev–Trinajstić information content (AvgIpc) is 2.79. The molecule has 0 spiro atoms. The first-order chi connectivity index (χ1) is 15.3. The summed E-state index contributed by atoms with van der Waals surface area (Å²) in [5.74, 6) is 0.331. The van der Waals surface area contributed by atoms with Crippen LogP contribution < -0.4 is 31.2 Å². The Morgan fingerprint density at radius 2 is 1.97 bits per heavy atom. The number of nitrogens with zero attached hydrogens (tertiary/aromatic N) is 1. The number of methoxy groups -OCH3 is 2. The molecule has 2 amide bonds. The van der Waals surface area contributed by atoms with Crippen molar-refractivity contribution >= 4 is 29.3 Å². The van der Waals surface area contributed by atoms with Gasteiger partial charge in [-0.3, -0.25) is 25.0 Å². The van der Waals surface area contributed by atoms with Gasteiger partial charge in [0.25, 0.3) is 11.6 Å². The fourth-order valence-electron chi connectivity index (χ4n) is 3.08. The van der Waals surface area contributed by atoms with Crippen molar-refractivity contribution in [3.05, 3.63) is 63.7 Å². The third kappa shape index (κ3) is 5.46. The molecule has 1 saturated heterocycles. The summed E-state index contributed by atoms with van der Waals surface area (Å²) >= 11 is 1.32. The van der Waals surface area contributed by atoms with Crippen LogP contribution in [0.2, 0.25) is 0 Å². The molecule has 11 nitrogen and oxygen atoms in total. The molecule has 1 aliphatic rings. The molecule has 1 fully saturated rings. The first-order valence-corrected chi connectivity index (χ1v) is 10.6. The number of hydrogen-bond donors (Lipinski definition) is 4. The van der Waals surface area contributed by atoms with Crippen LogP contribution in [-0.4, -0.2) is 48.7 Å². The number of benzene rings is 2. The van der Waals surface area contributed by atoms with Gasteiger partial charge in [-0.1, -0.05) is 12.1 Å². The molecule has 2 aromatic carbocycles. The molecule has 3 atom stereocenters. The number of nitro groups is 1. The van der Waals surface area contributed by atoms with E-state index < -0.39 is 34.4 Å². The molecule has 32 heavy (non-hydrogen) atoms. The summed E-state index contributed by atoms with van der Waals surface area (Å²) < 4.78 is 10.3. The Labute approximate surface area is 188 Å². The summed E-state index contributed by atoms with van der Waals surface area (Å²) in [4.78, 5) is 35.6. The van der Waals surface area contributed by atoms with Gasteiger partial charge in [0, 0.05) is 23.4 Å². The second-order valence-electron chi connectivity index (χ2n) is 6.84. The van der Waals surface area contributed by atoms with E-state index >= 15 is 0 Å². The molecule has 170 valence electrons. The van der Waals surface area contributed by atoms with Crippen molar-refractivity contribution in [2.24, 2.45) is 5.73 Å². The average molecular weight is 462 g/mol. The SMILES string of the molecule is COc1ccc(C(=O)NC2C(=O)NC(SCc3cccc([N+](=O)[O-])c3)NC2N)cc1OC. The number of nitrogens with two attached hydrogens (primary N) is 1. The fourth-order valence-corrected chi connectivity index (χ4v) is 4.07. The minimum atomic E-state index is -0.995. The smallest absolute Gasteiger partial charge is 0.269 e. The topological polar surface area (TPSA) is 158 Å². The van der Waals surface area contributed by atoms with E-state index in [1.807, 2.05) is 0 Å². The summed E-state index contributed by atoms with van der Waals surface area (Å²) in [7, 11) is 2.95. The fraction of sp³-hybridized carbons (Fsp3) is 0.300. The van der Waals surface area contributed by atoms with E-state index in [-0.39, 0.29) is 11.3 Å². The zero-order valence-electron chi connectivity index (χ0n) is 17.4. The highest BCUT2D eigenvalue weighted by atomic mass is 32.2. The number of rotatable bonds is 8. The lowest BCUT2D eigenvalue weighted by atomic mass is 10.1. The second-order valence-corrected chi connectivity index (χ2v) is 7.93. The van der Waals surface area contributed by atoms with Crippen LogP contribution in [0.1, 0.15) is 15.9 Å². The Kier molecular flexibility index (Phi) is 7.51. The largest absolute Gasteiger partial charge is 0.493 e. The van der Waals surface area contributed by atoms with Crippen molar-refractivity contribution in [2.45, 2.75) is 23.5 Å². The third-order valence-electron chi connectivity index (χ3n) is 4.73. The van der Waals surface area contributed by atoms with Crippen LogP contribution >= 0.6 is 11.8 Å². The molecule has 1 aliphatic heterocycles. The monoisotopic (exact) mass is 461 g/mol. The maximum Gasteiger partial charge on any atom is 0.269 e. The summed E-state index contributed by atoms with van der Waals surface area (Å²) in [5.41, 5.74) is 6.58. The first-order valence-electron chi connectivity index (χ1n) is 9.52. The summed E-state index contributed by atoms with van der Waals surface area (Å²) in [6.07, 6.45) is -0.838. The highest BCUT2D eigenvalue weighted by Crippen LogP contribution is 2.27. The lowest BCUT2D eigenvalue weighted by Gasteiger charge is -2.35. The Morgan fingerprint density at radius 3 is 2.62 bits per heavy atom. The molecule has 0 bridgehead atoms. The molecule has 12 heteroatoms. The molecule has 0 saturated carbocycles. The van der Waals surface area contributed by atoms with E-state index in [9.17, 15) is 19.7 Å². The van der Waals surface area contributed by atoms with Crippen LogP contribution in [0, 0.1) is 10.1 Å². The number of ether oxygens (including phenoxy) is 2. The molecular weight excluding hydrogens is 438 g/mol. The maximum absolute atomic E-state index is 12.6. The van der Waals surface area contributed by atoms with Gasteiger partial charge >= 0.3 is 0 Å². The number of carbonyl (C=O) groups excluding carboxylic acids is 2. The Bertz CT molecular complexity index is 1020.